The number of benzene rings is 1. The van der Waals surface area contributed by atoms with Crippen molar-refractivity contribution in [1.29, 1.82) is 0 Å². The fraction of sp³-hybridized carbons (Fsp3) is 0.750. The molecule has 1 aromatic rings. The maximum absolute atomic E-state index is 13.2. The number of hydrogen-bond acceptors (Lipinski definition) is 5. The van der Waals surface area contributed by atoms with E-state index in [4.69, 9.17) is 4.74 Å². The fourth-order valence-electron chi connectivity index (χ4n) is 6.10. The van der Waals surface area contributed by atoms with Gasteiger partial charge < -0.3 is 19.9 Å². The van der Waals surface area contributed by atoms with E-state index in [1.807, 2.05) is 0 Å². The van der Waals surface area contributed by atoms with Crippen LogP contribution in [0.2, 0.25) is 0 Å². The highest BCUT2D eigenvalue weighted by molar-refractivity contribution is 7.89. The van der Waals surface area contributed by atoms with Crippen LogP contribution in [-0.2, 0) is 14.8 Å². The molecule has 2 aliphatic rings. The minimum atomic E-state index is -3.69. The molecule has 2 N–H and O–H groups in total. The van der Waals surface area contributed by atoms with Crippen LogP contribution in [-0.4, -0.2) is 90.0 Å². The molecule has 0 radical (unpaired) electrons. The maximum Gasteiger partial charge on any atom is 0.243 e. The molecule has 0 bridgehead atoms. The van der Waals surface area contributed by atoms with Gasteiger partial charge in [-0.15, -0.1) is 0 Å². The molecule has 8 nitrogen and oxygen atoms in total. The molecule has 1 aliphatic carbocycles. The average molecular weight is 538 g/mol. The second-order valence-corrected chi connectivity index (χ2v) is 13.5. The SMILES string of the molecule is COc1cc(C)c(S(=O)(=O)N(C)CCC(=O)NC2CCC([NH+]3CCC(CCN(C)C)CC3)CC2)c(C)c1. The number of ether oxygens (including phenoxy) is 1. The summed E-state index contributed by atoms with van der Waals surface area (Å²) in [5.41, 5.74) is 1.29. The highest BCUT2D eigenvalue weighted by Crippen LogP contribution is 2.28. The predicted molar refractivity (Wildman–Crippen MR) is 148 cm³/mol. The lowest BCUT2D eigenvalue weighted by Crippen LogP contribution is -3.16. The Kier molecular flexibility index (Phi) is 10.8. The Morgan fingerprint density at radius 3 is 2.14 bits per heavy atom. The molecule has 1 amide bonds. The summed E-state index contributed by atoms with van der Waals surface area (Å²) >= 11 is 0. The molecular formula is C28H49N4O4S+. The van der Waals surface area contributed by atoms with Crippen LogP contribution in [0, 0.1) is 19.8 Å². The Balaban J connectivity index is 1.41. The molecule has 3 rings (SSSR count). The lowest BCUT2D eigenvalue weighted by Gasteiger charge is -2.38. The van der Waals surface area contributed by atoms with Crippen molar-refractivity contribution < 1.29 is 22.8 Å². The number of methoxy groups -OCH3 is 1. The highest BCUT2D eigenvalue weighted by atomic mass is 32.2. The molecule has 0 unspecified atom stereocenters. The second kappa shape index (κ2) is 13.4. The van der Waals surface area contributed by atoms with Crippen LogP contribution in [0.5, 0.6) is 5.75 Å². The summed E-state index contributed by atoms with van der Waals surface area (Å²) in [4.78, 5) is 17.0. The molecule has 37 heavy (non-hydrogen) atoms. The summed E-state index contributed by atoms with van der Waals surface area (Å²) in [6.45, 7) is 7.46. The maximum atomic E-state index is 13.2. The van der Waals surface area contributed by atoms with Gasteiger partial charge in [-0.25, -0.2) is 12.7 Å². The number of likely N-dealkylation sites (tertiary alicyclic amines) is 1. The molecule has 210 valence electrons. The zero-order valence-corrected chi connectivity index (χ0v) is 24.6. The third-order valence-corrected chi connectivity index (χ3v) is 10.6. The van der Waals surface area contributed by atoms with E-state index in [9.17, 15) is 13.2 Å². The lowest BCUT2D eigenvalue weighted by atomic mass is 9.87. The number of amides is 1. The minimum Gasteiger partial charge on any atom is -0.497 e. The number of carbonyl (C=O) groups is 1. The monoisotopic (exact) mass is 537 g/mol. The Morgan fingerprint density at radius 1 is 1.00 bits per heavy atom. The van der Waals surface area contributed by atoms with Crippen LogP contribution in [0.1, 0.15) is 62.5 Å². The van der Waals surface area contributed by atoms with Crippen LogP contribution in [0.4, 0.5) is 0 Å². The number of carbonyl (C=O) groups excluding carboxylic acids is 1. The third-order valence-electron chi connectivity index (χ3n) is 8.39. The van der Waals surface area contributed by atoms with Crippen molar-refractivity contribution in [1.82, 2.24) is 14.5 Å². The normalized spacial score (nSPS) is 24.9. The molecule has 9 heteroatoms. The molecule has 1 saturated heterocycles. The summed E-state index contributed by atoms with van der Waals surface area (Å²) < 4.78 is 32.9. The van der Waals surface area contributed by atoms with E-state index < -0.39 is 10.0 Å². The van der Waals surface area contributed by atoms with Crippen molar-refractivity contribution in [2.75, 3.05) is 54.4 Å². The molecule has 2 fully saturated rings. The van der Waals surface area contributed by atoms with Crippen molar-refractivity contribution in [3.05, 3.63) is 23.3 Å². The number of aryl methyl sites for hydroxylation is 2. The van der Waals surface area contributed by atoms with Gasteiger partial charge in [0.05, 0.1) is 31.1 Å². The largest absolute Gasteiger partial charge is 0.497 e. The van der Waals surface area contributed by atoms with Gasteiger partial charge in [-0.05, 0) is 95.8 Å². The van der Waals surface area contributed by atoms with E-state index in [2.05, 4.69) is 24.3 Å². The van der Waals surface area contributed by atoms with E-state index in [1.165, 1.54) is 43.2 Å². The number of quaternary nitrogens is 1. The van der Waals surface area contributed by atoms with Crippen LogP contribution in [0.25, 0.3) is 0 Å². The lowest BCUT2D eigenvalue weighted by molar-refractivity contribution is -0.932. The van der Waals surface area contributed by atoms with Gasteiger partial charge in [0, 0.05) is 38.9 Å². The van der Waals surface area contributed by atoms with Gasteiger partial charge in [0.1, 0.15) is 5.75 Å². The fourth-order valence-corrected chi connectivity index (χ4v) is 7.68. The number of sulfonamides is 1. The Morgan fingerprint density at radius 2 is 1.59 bits per heavy atom. The summed E-state index contributed by atoms with van der Waals surface area (Å²) in [6, 6.07) is 4.38. The van der Waals surface area contributed by atoms with Gasteiger partial charge in [0.25, 0.3) is 0 Å². The van der Waals surface area contributed by atoms with Gasteiger partial charge in [0.2, 0.25) is 15.9 Å². The summed E-state index contributed by atoms with van der Waals surface area (Å²) in [6.07, 6.45) is 8.51. The number of nitrogens with zero attached hydrogens (tertiary/aromatic N) is 2. The molecule has 1 aliphatic heterocycles. The van der Waals surface area contributed by atoms with Gasteiger partial charge in [-0.2, -0.15) is 0 Å². The molecule has 0 spiro atoms. The topological polar surface area (TPSA) is 83.4 Å². The van der Waals surface area contributed by atoms with Crippen molar-refractivity contribution in [3.63, 3.8) is 0 Å². The van der Waals surface area contributed by atoms with Gasteiger partial charge in [0.15, 0.2) is 0 Å². The molecular weight excluding hydrogens is 488 g/mol. The number of hydrogen-bond donors (Lipinski definition) is 2. The Bertz CT molecular complexity index is 974. The predicted octanol–water partition coefficient (Wildman–Crippen LogP) is 2.00. The zero-order chi connectivity index (χ0) is 27.2. The quantitative estimate of drug-likeness (QED) is 0.451. The van der Waals surface area contributed by atoms with Crippen LogP contribution in [0.3, 0.4) is 0 Å². The second-order valence-electron chi connectivity index (χ2n) is 11.5. The van der Waals surface area contributed by atoms with E-state index in [0.717, 1.165) is 37.6 Å². The smallest absolute Gasteiger partial charge is 0.243 e. The van der Waals surface area contributed by atoms with Gasteiger partial charge in [-0.3, -0.25) is 4.79 Å². The Labute approximate surface area is 224 Å². The van der Waals surface area contributed by atoms with Crippen molar-refractivity contribution in [2.45, 2.75) is 82.2 Å². The first-order valence-corrected chi connectivity index (χ1v) is 15.4. The molecule has 1 saturated carbocycles. The number of piperidine rings is 1. The van der Waals surface area contributed by atoms with Crippen molar-refractivity contribution in [3.8, 4) is 5.75 Å². The first kappa shape index (κ1) is 29.9. The first-order valence-electron chi connectivity index (χ1n) is 13.9. The van der Waals surface area contributed by atoms with E-state index in [0.29, 0.717) is 21.8 Å². The number of rotatable bonds is 11. The molecule has 0 aromatic heterocycles. The van der Waals surface area contributed by atoms with Crippen molar-refractivity contribution >= 4 is 15.9 Å². The van der Waals surface area contributed by atoms with Crippen LogP contribution in [0.15, 0.2) is 17.0 Å². The van der Waals surface area contributed by atoms with Gasteiger partial charge >= 0.3 is 0 Å². The standard InChI is InChI=1S/C28H48N4O4S/c1-21-19-26(36-6)20-22(2)28(21)37(34,35)31(5)16-14-27(33)29-24-7-9-25(10-8-24)32-17-12-23(13-18-32)11-15-30(3)4/h19-20,23-25H,7-18H2,1-6H3,(H,29,33)/p+1. The molecule has 1 heterocycles. The third kappa shape index (κ3) is 8.15. The van der Waals surface area contributed by atoms with Crippen molar-refractivity contribution in [2.24, 2.45) is 5.92 Å². The zero-order valence-electron chi connectivity index (χ0n) is 23.8. The minimum absolute atomic E-state index is 0.0669. The van der Waals surface area contributed by atoms with Crippen LogP contribution < -0.4 is 15.0 Å². The average Bonchev–Trinajstić information content (AvgIpc) is 2.86. The first-order chi connectivity index (χ1) is 17.5. The highest BCUT2D eigenvalue weighted by Gasteiger charge is 2.32. The molecule has 1 aromatic carbocycles. The van der Waals surface area contributed by atoms with E-state index in [1.54, 1.807) is 45.0 Å². The summed E-state index contributed by atoms with van der Waals surface area (Å²) in [7, 11) is 3.73. The summed E-state index contributed by atoms with van der Waals surface area (Å²) in [5, 5.41) is 3.17. The van der Waals surface area contributed by atoms with E-state index in [-0.39, 0.29) is 24.9 Å². The van der Waals surface area contributed by atoms with Gasteiger partial charge in [-0.1, -0.05) is 0 Å². The number of nitrogens with one attached hydrogen (secondary N) is 2. The Hall–Kier alpha value is -1.68. The van der Waals surface area contributed by atoms with E-state index >= 15 is 0 Å². The van der Waals surface area contributed by atoms with Crippen LogP contribution >= 0.6 is 0 Å². The molecule has 0 atom stereocenters. The summed E-state index contributed by atoms with van der Waals surface area (Å²) in [5.74, 6) is 1.45.